The van der Waals surface area contributed by atoms with Gasteiger partial charge >= 0.3 is 0 Å². The van der Waals surface area contributed by atoms with Gasteiger partial charge in [-0.15, -0.1) is 0 Å². The van der Waals surface area contributed by atoms with Crippen LogP contribution in [0.1, 0.15) is 46.0 Å². The van der Waals surface area contributed by atoms with Crippen LogP contribution in [0, 0.1) is 5.21 Å². The summed E-state index contributed by atoms with van der Waals surface area (Å²) in [5.41, 5.74) is 0. The fraction of sp³-hybridized carbons (Fsp3) is 0.923. The number of nitrogens with zero attached hydrogens (tertiary/aromatic N) is 1. The minimum atomic E-state index is -0.149. The number of hydroxylamine groups is 1. The maximum atomic E-state index is 11.6. The molecule has 1 aliphatic heterocycles. The van der Waals surface area contributed by atoms with Crippen LogP contribution in [-0.2, 0) is 9.47 Å². The fourth-order valence-electron chi connectivity index (χ4n) is 1.85. The molecule has 2 atom stereocenters. The molecule has 0 bridgehead atoms. The van der Waals surface area contributed by atoms with Gasteiger partial charge in [0.05, 0.1) is 6.42 Å². The average molecular weight is 243 g/mol. The highest BCUT2D eigenvalue weighted by atomic mass is 16.5. The predicted molar refractivity (Wildman–Crippen MR) is 68.5 cm³/mol. The van der Waals surface area contributed by atoms with Crippen molar-refractivity contribution in [2.75, 3.05) is 19.8 Å². The first-order valence-corrected chi connectivity index (χ1v) is 6.77. The number of unbranched alkanes of at least 4 members (excludes halogenated alkanes) is 2. The lowest BCUT2D eigenvalue weighted by Crippen LogP contribution is -2.35. The van der Waals surface area contributed by atoms with Crippen molar-refractivity contribution in [3.8, 4) is 0 Å². The molecule has 0 aliphatic carbocycles. The Balaban J connectivity index is 2.24. The van der Waals surface area contributed by atoms with Gasteiger partial charge in [-0.2, -0.15) is 0 Å². The lowest BCUT2D eigenvalue weighted by atomic mass is 10.2. The van der Waals surface area contributed by atoms with Crippen LogP contribution in [0.4, 0.5) is 0 Å². The second-order valence-corrected chi connectivity index (χ2v) is 4.54. The fourth-order valence-corrected chi connectivity index (χ4v) is 1.85. The van der Waals surface area contributed by atoms with Crippen molar-refractivity contribution in [3.63, 3.8) is 0 Å². The van der Waals surface area contributed by atoms with E-state index in [0.29, 0.717) is 6.61 Å². The lowest BCUT2D eigenvalue weighted by Gasteiger charge is -2.19. The number of rotatable bonds is 9. The average Bonchev–Trinajstić information content (AvgIpc) is 2.67. The van der Waals surface area contributed by atoms with Gasteiger partial charge in [-0.25, -0.2) is 4.74 Å². The van der Waals surface area contributed by atoms with Gasteiger partial charge in [0.25, 0.3) is 0 Å². The van der Waals surface area contributed by atoms with Crippen molar-refractivity contribution in [2.45, 2.75) is 58.1 Å². The van der Waals surface area contributed by atoms with Crippen molar-refractivity contribution < 1.29 is 14.2 Å². The molecule has 100 valence electrons. The number of ether oxygens (including phenoxy) is 2. The molecule has 1 aliphatic rings. The number of hydrogen-bond acceptors (Lipinski definition) is 3. The molecule has 0 saturated heterocycles. The summed E-state index contributed by atoms with van der Waals surface area (Å²) in [6.07, 6.45) is 6.75. The summed E-state index contributed by atoms with van der Waals surface area (Å²) in [5, 5.41) is 11.6. The molecule has 0 N–H and O–H groups in total. The van der Waals surface area contributed by atoms with E-state index in [1.807, 2.05) is 0 Å². The quantitative estimate of drug-likeness (QED) is 0.355. The van der Waals surface area contributed by atoms with Gasteiger partial charge in [-0.3, -0.25) is 0 Å². The van der Waals surface area contributed by atoms with E-state index < -0.39 is 0 Å². The molecule has 0 unspecified atom stereocenters. The van der Waals surface area contributed by atoms with Gasteiger partial charge in [0, 0.05) is 13.2 Å². The largest absolute Gasteiger partial charge is 0.624 e. The molecule has 0 radical (unpaired) electrons. The zero-order valence-electron chi connectivity index (χ0n) is 11.1. The predicted octanol–water partition coefficient (Wildman–Crippen LogP) is 2.34. The Kier molecular flexibility index (Phi) is 7.21. The Labute approximate surface area is 104 Å². The Morgan fingerprint density at radius 1 is 1.24 bits per heavy atom. The standard InChI is InChI=1S/C13H25NO3/c1-3-5-9-16-11-12-13(7-8-14(12)15)17-10-6-4-2/h8,12-13H,3-7,9-11H2,1-2H3/t12-,13-/m0/s1. The first kappa shape index (κ1) is 14.5. The van der Waals surface area contributed by atoms with Crippen molar-refractivity contribution >= 4 is 6.21 Å². The molecule has 0 spiro atoms. The molecule has 0 aromatic heterocycles. The molecule has 0 saturated carbocycles. The highest BCUT2D eigenvalue weighted by Crippen LogP contribution is 2.14. The van der Waals surface area contributed by atoms with Crippen LogP contribution < -0.4 is 0 Å². The van der Waals surface area contributed by atoms with E-state index in [1.54, 1.807) is 6.21 Å². The zero-order valence-corrected chi connectivity index (χ0v) is 11.1. The molecule has 1 heterocycles. The molecule has 0 aromatic rings. The van der Waals surface area contributed by atoms with Gasteiger partial charge < -0.3 is 14.7 Å². The summed E-state index contributed by atoms with van der Waals surface area (Å²) in [4.78, 5) is 0. The van der Waals surface area contributed by atoms with E-state index in [4.69, 9.17) is 9.47 Å². The van der Waals surface area contributed by atoms with E-state index in [0.717, 1.165) is 50.1 Å². The first-order chi connectivity index (χ1) is 8.29. The minimum absolute atomic E-state index is 0.0145. The van der Waals surface area contributed by atoms with Crippen molar-refractivity contribution in [2.24, 2.45) is 0 Å². The topological polar surface area (TPSA) is 44.5 Å². The van der Waals surface area contributed by atoms with Crippen LogP contribution in [0.15, 0.2) is 0 Å². The summed E-state index contributed by atoms with van der Waals surface area (Å²) >= 11 is 0. The maximum absolute atomic E-state index is 11.6. The minimum Gasteiger partial charge on any atom is -0.624 e. The zero-order chi connectivity index (χ0) is 12.5. The van der Waals surface area contributed by atoms with Crippen molar-refractivity contribution in [1.29, 1.82) is 0 Å². The normalized spacial score (nSPS) is 24.0. The summed E-state index contributed by atoms with van der Waals surface area (Å²) in [7, 11) is 0. The van der Waals surface area contributed by atoms with Gasteiger partial charge in [-0.1, -0.05) is 26.7 Å². The summed E-state index contributed by atoms with van der Waals surface area (Å²) in [5.74, 6) is 0. The SMILES string of the molecule is CCCCOC[C@H]1[C@@H](OCCCC)CC=[N+]1[O-]. The molecule has 0 amide bonds. The maximum Gasteiger partial charge on any atom is 0.212 e. The molecular formula is C13H25NO3. The summed E-state index contributed by atoms with van der Waals surface area (Å²) in [6, 6.07) is -0.149. The second-order valence-electron chi connectivity index (χ2n) is 4.54. The van der Waals surface area contributed by atoms with Gasteiger partial charge in [0.15, 0.2) is 6.21 Å². The number of hydrogen-bond donors (Lipinski definition) is 0. The third-order valence-corrected chi connectivity index (χ3v) is 3.03. The molecule has 17 heavy (non-hydrogen) atoms. The van der Waals surface area contributed by atoms with Crippen LogP contribution in [0.3, 0.4) is 0 Å². The highest BCUT2D eigenvalue weighted by molar-refractivity contribution is 5.54. The van der Waals surface area contributed by atoms with Gasteiger partial charge in [-0.05, 0) is 12.8 Å². The second kappa shape index (κ2) is 8.48. The van der Waals surface area contributed by atoms with E-state index in [9.17, 15) is 5.21 Å². The summed E-state index contributed by atoms with van der Waals surface area (Å²) in [6.45, 7) is 6.23. The highest BCUT2D eigenvalue weighted by Gasteiger charge is 2.34. The molecular weight excluding hydrogens is 218 g/mol. The Bertz CT molecular complexity index is 231. The van der Waals surface area contributed by atoms with E-state index in [1.165, 1.54) is 0 Å². The van der Waals surface area contributed by atoms with Crippen LogP contribution in [0.2, 0.25) is 0 Å². The Hall–Kier alpha value is -0.610. The monoisotopic (exact) mass is 243 g/mol. The molecule has 4 heteroatoms. The lowest BCUT2D eigenvalue weighted by molar-refractivity contribution is -0.503. The van der Waals surface area contributed by atoms with Crippen LogP contribution in [0.25, 0.3) is 0 Å². The van der Waals surface area contributed by atoms with E-state index >= 15 is 0 Å². The third-order valence-electron chi connectivity index (χ3n) is 3.03. The molecule has 0 aromatic carbocycles. The third kappa shape index (κ3) is 5.04. The first-order valence-electron chi connectivity index (χ1n) is 6.77. The van der Waals surface area contributed by atoms with Crippen LogP contribution in [0.5, 0.6) is 0 Å². The van der Waals surface area contributed by atoms with Gasteiger partial charge in [0.1, 0.15) is 12.7 Å². The Morgan fingerprint density at radius 2 is 1.94 bits per heavy atom. The smallest absolute Gasteiger partial charge is 0.212 e. The molecule has 4 nitrogen and oxygen atoms in total. The summed E-state index contributed by atoms with van der Waals surface area (Å²) < 4.78 is 12.3. The van der Waals surface area contributed by atoms with Gasteiger partial charge in [0.2, 0.25) is 6.04 Å². The van der Waals surface area contributed by atoms with Crippen molar-refractivity contribution in [1.82, 2.24) is 0 Å². The van der Waals surface area contributed by atoms with E-state index in [-0.39, 0.29) is 12.1 Å². The Morgan fingerprint density at radius 3 is 2.65 bits per heavy atom. The molecule has 0 fully saturated rings. The van der Waals surface area contributed by atoms with E-state index in [2.05, 4.69) is 13.8 Å². The molecule has 1 rings (SSSR count). The van der Waals surface area contributed by atoms with Crippen LogP contribution in [-0.4, -0.2) is 42.9 Å². The van der Waals surface area contributed by atoms with Crippen molar-refractivity contribution in [3.05, 3.63) is 5.21 Å². The van der Waals surface area contributed by atoms with Crippen LogP contribution >= 0.6 is 0 Å².